The highest BCUT2D eigenvalue weighted by atomic mass is 16.8. The standard InChI is InChI=1S/C11H20O3/c1-8(12)6-7-9-10(2,3)14-11(4,5)13-9/h9H,6-7H2,1-5H3. The quantitative estimate of drug-likeness (QED) is 0.701. The summed E-state index contributed by atoms with van der Waals surface area (Å²) in [5.74, 6) is -0.320. The number of ketones is 1. The fourth-order valence-electron chi connectivity index (χ4n) is 1.95. The van der Waals surface area contributed by atoms with Crippen molar-refractivity contribution in [3.63, 3.8) is 0 Å². The van der Waals surface area contributed by atoms with E-state index in [2.05, 4.69) is 0 Å². The predicted molar refractivity (Wildman–Crippen MR) is 54.0 cm³/mol. The zero-order chi connectivity index (χ0) is 11.0. The Kier molecular flexibility index (Phi) is 3.02. The number of rotatable bonds is 3. The van der Waals surface area contributed by atoms with Gasteiger partial charge in [0.15, 0.2) is 5.79 Å². The summed E-state index contributed by atoms with van der Waals surface area (Å²) in [5.41, 5.74) is -0.293. The predicted octanol–water partition coefficient (Wildman–Crippen LogP) is 2.29. The van der Waals surface area contributed by atoms with Crippen LogP contribution < -0.4 is 0 Å². The lowest BCUT2D eigenvalue weighted by molar-refractivity contribution is -0.157. The number of hydrogen-bond donors (Lipinski definition) is 0. The average molecular weight is 200 g/mol. The van der Waals surface area contributed by atoms with Crippen LogP contribution in [0.15, 0.2) is 0 Å². The van der Waals surface area contributed by atoms with Gasteiger partial charge in [-0.2, -0.15) is 0 Å². The Labute approximate surface area is 85.8 Å². The molecule has 1 fully saturated rings. The second kappa shape index (κ2) is 3.63. The fourth-order valence-corrected chi connectivity index (χ4v) is 1.95. The Morgan fingerprint density at radius 3 is 2.21 bits per heavy atom. The maximum absolute atomic E-state index is 10.9. The molecule has 0 aromatic rings. The van der Waals surface area contributed by atoms with Crippen molar-refractivity contribution in [2.75, 3.05) is 0 Å². The minimum Gasteiger partial charge on any atom is -0.344 e. The molecule has 0 aromatic heterocycles. The van der Waals surface area contributed by atoms with Gasteiger partial charge >= 0.3 is 0 Å². The molecule has 0 aliphatic carbocycles. The van der Waals surface area contributed by atoms with E-state index in [1.165, 1.54) is 0 Å². The summed E-state index contributed by atoms with van der Waals surface area (Å²) in [7, 11) is 0. The van der Waals surface area contributed by atoms with E-state index in [4.69, 9.17) is 9.47 Å². The van der Waals surface area contributed by atoms with E-state index < -0.39 is 5.79 Å². The van der Waals surface area contributed by atoms with Crippen LogP contribution in [0.4, 0.5) is 0 Å². The minimum absolute atomic E-state index is 0.0152. The molecule has 1 unspecified atom stereocenters. The molecule has 0 amide bonds. The second-order valence-corrected chi connectivity index (χ2v) is 4.95. The van der Waals surface area contributed by atoms with Gasteiger partial charge in [0.1, 0.15) is 5.78 Å². The topological polar surface area (TPSA) is 35.5 Å². The van der Waals surface area contributed by atoms with Crippen molar-refractivity contribution in [2.24, 2.45) is 0 Å². The minimum atomic E-state index is -0.523. The molecular weight excluding hydrogens is 180 g/mol. The third-order valence-corrected chi connectivity index (χ3v) is 2.47. The van der Waals surface area contributed by atoms with Gasteiger partial charge in [0.05, 0.1) is 11.7 Å². The van der Waals surface area contributed by atoms with Crippen molar-refractivity contribution in [1.29, 1.82) is 0 Å². The molecule has 0 aromatic carbocycles. The molecule has 0 saturated carbocycles. The Hall–Kier alpha value is -0.410. The first-order chi connectivity index (χ1) is 6.23. The van der Waals surface area contributed by atoms with Gasteiger partial charge in [0.25, 0.3) is 0 Å². The van der Waals surface area contributed by atoms with Gasteiger partial charge in [-0.15, -0.1) is 0 Å². The summed E-state index contributed by atoms with van der Waals surface area (Å²) in [4.78, 5) is 10.9. The van der Waals surface area contributed by atoms with Crippen molar-refractivity contribution >= 4 is 5.78 Å². The van der Waals surface area contributed by atoms with Crippen LogP contribution in [0.5, 0.6) is 0 Å². The maximum atomic E-state index is 10.9. The maximum Gasteiger partial charge on any atom is 0.164 e. The third-order valence-electron chi connectivity index (χ3n) is 2.47. The SMILES string of the molecule is CC(=O)CCC1OC(C)(C)OC1(C)C. The van der Waals surface area contributed by atoms with Crippen LogP contribution in [0.1, 0.15) is 47.5 Å². The summed E-state index contributed by atoms with van der Waals surface area (Å²) in [6.07, 6.45) is 1.32. The lowest BCUT2D eigenvalue weighted by Gasteiger charge is -2.23. The van der Waals surface area contributed by atoms with E-state index in [1.807, 2.05) is 27.7 Å². The molecule has 1 saturated heterocycles. The highest BCUT2D eigenvalue weighted by Crippen LogP contribution is 2.37. The van der Waals surface area contributed by atoms with Crippen molar-refractivity contribution in [3.8, 4) is 0 Å². The first-order valence-electron chi connectivity index (χ1n) is 5.10. The molecule has 82 valence electrons. The average Bonchev–Trinajstić information content (AvgIpc) is 2.14. The highest BCUT2D eigenvalue weighted by molar-refractivity contribution is 5.75. The monoisotopic (exact) mass is 200 g/mol. The summed E-state index contributed by atoms with van der Waals surface area (Å²) >= 11 is 0. The summed E-state index contributed by atoms with van der Waals surface area (Å²) < 4.78 is 11.5. The first kappa shape index (κ1) is 11.7. The van der Waals surface area contributed by atoms with E-state index in [9.17, 15) is 4.79 Å². The van der Waals surface area contributed by atoms with Crippen LogP contribution in [0.3, 0.4) is 0 Å². The van der Waals surface area contributed by atoms with E-state index >= 15 is 0 Å². The second-order valence-electron chi connectivity index (χ2n) is 4.95. The Balaban J connectivity index is 2.57. The van der Waals surface area contributed by atoms with E-state index in [-0.39, 0.29) is 17.5 Å². The van der Waals surface area contributed by atoms with Gasteiger partial charge in [-0.05, 0) is 41.0 Å². The molecule has 0 N–H and O–H groups in total. The fraction of sp³-hybridized carbons (Fsp3) is 0.909. The molecule has 1 aliphatic rings. The molecule has 1 rings (SSSR count). The van der Waals surface area contributed by atoms with E-state index in [1.54, 1.807) is 6.92 Å². The smallest absolute Gasteiger partial charge is 0.164 e. The molecule has 3 heteroatoms. The van der Waals surface area contributed by atoms with Gasteiger partial charge in [-0.3, -0.25) is 0 Å². The number of Topliss-reactive ketones (excluding diaryl/α,β-unsaturated/α-hetero) is 1. The van der Waals surface area contributed by atoms with Crippen molar-refractivity contribution in [1.82, 2.24) is 0 Å². The van der Waals surface area contributed by atoms with Crippen LogP contribution in [-0.4, -0.2) is 23.3 Å². The van der Waals surface area contributed by atoms with E-state index in [0.29, 0.717) is 6.42 Å². The van der Waals surface area contributed by atoms with Crippen molar-refractivity contribution in [3.05, 3.63) is 0 Å². The molecule has 3 nitrogen and oxygen atoms in total. The Morgan fingerprint density at radius 1 is 1.29 bits per heavy atom. The zero-order valence-corrected chi connectivity index (χ0v) is 9.72. The zero-order valence-electron chi connectivity index (χ0n) is 9.72. The molecule has 1 aliphatic heterocycles. The van der Waals surface area contributed by atoms with Gasteiger partial charge in [-0.1, -0.05) is 0 Å². The number of carbonyl (C=O) groups excluding carboxylic acids is 1. The highest BCUT2D eigenvalue weighted by Gasteiger charge is 2.46. The Bertz CT molecular complexity index is 231. The molecule has 1 heterocycles. The summed E-state index contributed by atoms with van der Waals surface area (Å²) in [6.45, 7) is 9.43. The number of hydrogen-bond acceptors (Lipinski definition) is 3. The first-order valence-corrected chi connectivity index (χ1v) is 5.10. The molecule has 0 bridgehead atoms. The van der Waals surface area contributed by atoms with Gasteiger partial charge in [0, 0.05) is 6.42 Å². The van der Waals surface area contributed by atoms with Crippen molar-refractivity contribution in [2.45, 2.75) is 65.0 Å². The summed E-state index contributed by atoms with van der Waals surface area (Å²) in [5, 5.41) is 0. The number of carbonyl (C=O) groups is 1. The van der Waals surface area contributed by atoms with Gasteiger partial charge in [-0.25, -0.2) is 0 Å². The van der Waals surface area contributed by atoms with Gasteiger partial charge < -0.3 is 14.3 Å². The van der Waals surface area contributed by atoms with Gasteiger partial charge in [0.2, 0.25) is 0 Å². The largest absolute Gasteiger partial charge is 0.344 e. The summed E-state index contributed by atoms with van der Waals surface area (Å²) in [6, 6.07) is 0. The third kappa shape index (κ3) is 2.79. The van der Waals surface area contributed by atoms with Crippen LogP contribution in [0.25, 0.3) is 0 Å². The van der Waals surface area contributed by atoms with Crippen LogP contribution >= 0.6 is 0 Å². The molecule has 0 radical (unpaired) electrons. The molecule has 1 atom stereocenters. The van der Waals surface area contributed by atoms with Crippen LogP contribution in [-0.2, 0) is 14.3 Å². The van der Waals surface area contributed by atoms with Crippen molar-refractivity contribution < 1.29 is 14.3 Å². The lowest BCUT2D eigenvalue weighted by atomic mass is 9.97. The van der Waals surface area contributed by atoms with Crippen LogP contribution in [0, 0.1) is 0 Å². The normalized spacial score (nSPS) is 29.1. The molecule has 14 heavy (non-hydrogen) atoms. The Morgan fingerprint density at radius 2 is 1.86 bits per heavy atom. The molecular formula is C11H20O3. The lowest BCUT2D eigenvalue weighted by Crippen LogP contribution is -2.33. The van der Waals surface area contributed by atoms with E-state index in [0.717, 1.165) is 6.42 Å². The van der Waals surface area contributed by atoms with Crippen LogP contribution in [0.2, 0.25) is 0 Å². The number of ether oxygens (including phenoxy) is 2. The molecule has 0 spiro atoms.